The Bertz CT molecular complexity index is 967. The first-order valence-corrected chi connectivity index (χ1v) is 11.1. The van der Waals surface area contributed by atoms with E-state index in [-0.39, 0.29) is 5.82 Å². The standard InChI is InChI=1S/C26H30FN3O/c1-20-17-21(19-28-13-16-30-14-3-2-4-15-30)18-26(29-20)22-5-9-24(10-6-22)31-25-11-7-23(27)8-12-25/h5-12,17-18,28H,2-4,13-16,19H2,1H3. The molecule has 5 heteroatoms. The summed E-state index contributed by atoms with van der Waals surface area (Å²) >= 11 is 0. The summed E-state index contributed by atoms with van der Waals surface area (Å²) in [5.41, 5.74) is 4.26. The highest BCUT2D eigenvalue weighted by Crippen LogP contribution is 2.26. The van der Waals surface area contributed by atoms with E-state index < -0.39 is 0 Å². The third kappa shape index (κ3) is 6.36. The summed E-state index contributed by atoms with van der Waals surface area (Å²) in [5, 5.41) is 3.58. The van der Waals surface area contributed by atoms with Crippen LogP contribution in [0.25, 0.3) is 11.3 Å². The van der Waals surface area contributed by atoms with Crippen LogP contribution in [0.15, 0.2) is 60.7 Å². The third-order valence-electron chi connectivity index (χ3n) is 5.60. The minimum atomic E-state index is -0.273. The first kappa shape index (κ1) is 21.5. The molecule has 4 nitrogen and oxygen atoms in total. The summed E-state index contributed by atoms with van der Waals surface area (Å²) in [6, 6.07) is 18.2. The molecule has 0 bridgehead atoms. The number of aryl methyl sites for hydroxylation is 1. The molecule has 1 aromatic heterocycles. The highest BCUT2D eigenvalue weighted by atomic mass is 19.1. The summed E-state index contributed by atoms with van der Waals surface area (Å²) in [5.74, 6) is 1.05. The lowest BCUT2D eigenvalue weighted by Crippen LogP contribution is -2.35. The normalized spacial score (nSPS) is 14.5. The van der Waals surface area contributed by atoms with Gasteiger partial charge in [0, 0.05) is 30.9 Å². The lowest BCUT2D eigenvalue weighted by molar-refractivity contribution is 0.229. The molecule has 0 saturated carbocycles. The zero-order valence-electron chi connectivity index (χ0n) is 18.1. The van der Waals surface area contributed by atoms with E-state index in [1.54, 1.807) is 12.1 Å². The van der Waals surface area contributed by atoms with E-state index in [0.29, 0.717) is 11.5 Å². The van der Waals surface area contributed by atoms with Crippen molar-refractivity contribution in [3.8, 4) is 22.8 Å². The fourth-order valence-electron chi connectivity index (χ4n) is 3.98. The zero-order valence-corrected chi connectivity index (χ0v) is 18.1. The highest BCUT2D eigenvalue weighted by Gasteiger charge is 2.09. The van der Waals surface area contributed by atoms with E-state index in [0.717, 1.165) is 36.6 Å². The average molecular weight is 420 g/mol. The van der Waals surface area contributed by atoms with Crippen molar-refractivity contribution in [3.63, 3.8) is 0 Å². The Kier molecular flexibility index (Phi) is 7.28. The Morgan fingerprint density at radius 2 is 1.61 bits per heavy atom. The second-order valence-corrected chi connectivity index (χ2v) is 8.16. The van der Waals surface area contributed by atoms with Crippen LogP contribution in [-0.2, 0) is 6.54 Å². The first-order chi connectivity index (χ1) is 15.2. The Morgan fingerprint density at radius 3 is 2.32 bits per heavy atom. The van der Waals surface area contributed by atoms with Crippen molar-refractivity contribution < 1.29 is 9.13 Å². The molecule has 2 heterocycles. The van der Waals surface area contributed by atoms with Gasteiger partial charge in [0.15, 0.2) is 0 Å². The van der Waals surface area contributed by atoms with E-state index in [9.17, 15) is 4.39 Å². The number of aromatic nitrogens is 1. The Balaban J connectivity index is 1.35. The average Bonchev–Trinajstić information content (AvgIpc) is 2.79. The summed E-state index contributed by atoms with van der Waals surface area (Å²) in [6.45, 7) is 7.48. The summed E-state index contributed by atoms with van der Waals surface area (Å²) in [4.78, 5) is 7.26. The van der Waals surface area contributed by atoms with Gasteiger partial charge in [0.2, 0.25) is 0 Å². The monoisotopic (exact) mass is 419 g/mol. The molecule has 1 aliphatic rings. The van der Waals surface area contributed by atoms with Gasteiger partial charge >= 0.3 is 0 Å². The maximum Gasteiger partial charge on any atom is 0.127 e. The van der Waals surface area contributed by atoms with Crippen molar-refractivity contribution in [3.05, 3.63) is 77.7 Å². The predicted molar refractivity (Wildman–Crippen MR) is 123 cm³/mol. The molecule has 0 spiro atoms. The third-order valence-corrected chi connectivity index (χ3v) is 5.60. The number of benzene rings is 2. The number of nitrogens with one attached hydrogen (secondary N) is 1. The molecule has 0 unspecified atom stereocenters. The first-order valence-electron chi connectivity index (χ1n) is 11.1. The number of pyridine rings is 1. The van der Waals surface area contributed by atoms with Gasteiger partial charge in [0.25, 0.3) is 0 Å². The minimum Gasteiger partial charge on any atom is -0.457 e. The highest BCUT2D eigenvalue weighted by molar-refractivity contribution is 5.61. The number of nitrogens with zero attached hydrogens (tertiary/aromatic N) is 2. The number of rotatable bonds is 8. The fourth-order valence-corrected chi connectivity index (χ4v) is 3.98. The molecule has 0 amide bonds. The topological polar surface area (TPSA) is 37.4 Å². The van der Waals surface area contributed by atoms with E-state index in [4.69, 9.17) is 9.72 Å². The Labute approximate surface area is 184 Å². The van der Waals surface area contributed by atoms with Crippen molar-refractivity contribution in [2.45, 2.75) is 32.7 Å². The minimum absolute atomic E-state index is 0.273. The molecule has 1 N–H and O–H groups in total. The molecule has 1 aliphatic heterocycles. The van der Waals surface area contributed by atoms with Crippen LogP contribution in [0.5, 0.6) is 11.5 Å². The van der Waals surface area contributed by atoms with Gasteiger partial charge in [-0.2, -0.15) is 0 Å². The molecule has 4 rings (SSSR count). The molecule has 0 radical (unpaired) electrons. The van der Waals surface area contributed by atoms with Crippen molar-refractivity contribution >= 4 is 0 Å². The smallest absolute Gasteiger partial charge is 0.127 e. The molecular formula is C26H30FN3O. The molecule has 162 valence electrons. The summed E-state index contributed by atoms with van der Waals surface area (Å²) in [7, 11) is 0. The zero-order chi connectivity index (χ0) is 21.5. The number of ether oxygens (including phenoxy) is 1. The molecule has 1 saturated heterocycles. The van der Waals surface area contributed by atoms with Gasteiger partial charge in [-0.25, -0.2) is 4.39 Å². The molecular weight excluding hydrogens is 389 g/mol. The van der Waals surface area contributed by atoms with Crippen LogP contribution in [0, 0.1) is 12.7 Å². The molecule has 0 aliphatic carbocycles. The summed E-state index contributed by atoms with van der Waals surface area (Å²) in [6.07, 6.45) is 4.05. The predicted octanol–water partition coefficient (Wildman–Crippen LogP) is 5.56. The molecule has 1 fully saturated rings. The second-order valence-electron chi connectivity index (χ2n) is 8.16. The van der Waals surface area contributed by atoms with Crippen LogP contribution < -0.4 is 10.1 Å². The van der Waals surface area contributed by atoms with E-state index in [1.165, 1.54) is 50.0 Å². The van der Waals surface area contributed by atoms with Gasteiger partial charge in [-0.15, -0.1) is 0 Å². The number of halogens is 1. The maximum absolute atomic E-state index is 13.0. The van der Waals surface area contributed by atoms with Crippen LogP contribution in [0.2, 0.25) is 0 Å². The van der Waals surface area contributed by atoms with Crippen molar-refractivity contribution in [1.29, 1.82) is 0 Å². The van der Waals surface area contributed by atoms with Gasteiger partial charge in [-0.1, -0.05) is 6.42 Å². The number of piperidine rings is 1. The number of likely N-dealkylation sites (tertiary alicyclic amines) is 1. The van der Waals surface area contributed by atoms with Crippen LogP contribution in [0.1, 0.15) is 30.5 Å². The van der Waals surface area contributed by atoms with Gasteiger partial charge < -0.3 is 15.0 Å². The quantitative estimate of drug-likeness (QED) is 0.485. The SMILES string of the molecule is Cc1cc(CNCCN2CCCCC2)cc(-c2ccc(Oc3ccc(F)cc3)cc2)n1. The van der Waals surface area contributed by atoms with Gasteiger partial charge in [-0.05, 0) is 99.1 Å². The number of hydrogen-bond donors (Lipinski definition) is 1. The Morgan fingerprint density at radius 1 is 0.935 bits per heavy atom. The van der Waals surface area contributed by atoms with Crippen LogP contribution >= 0.6 is 0 Å². The fraction of sp³-hybridized carbons (Fsp3) is 0.346. The molecule has 2 aromatic carbocycles. The van der Waals surface area contributed by atoms with Crippen molar-refractivity contribution in [2.24, 2.45) is 0 Å². The van der Waals surface area contributed by atoms with Crippen LogP contribution in [0.3, 0.4) is 0 Å². The molecule has 0 atom stereocenters. The molecule has 31 heavy (non-hydrogen) atoms. The van der Waals surface area contributed by atoms with E-state index in [2.05, 4.69) is 22.3 Å². The van der Waals surface area contributed by atoms with E-state index >= 15 is 0 Å². The van der Waals surface area contributed by atoms with Crippen LogP contribution in [-0.4, -0.2) is 36.1 Å². The lowest BCUT2D eigenvalue weighted by Gasteiger charge is -2.26. The second kappa shape index (κ2) is 10.5. The largest absolute Gasteiger partial charge is 0.457 e. The maximum atomic E-state index is 13.0. The number of hydrogen-bond acceptors (Lipinski definition) is 4. The van der Waals surface area contributed by atoms with Gasteiger partial charge in [0.1, 0.15) is 17.3 Å². The molecule has 3 aromatic rings. The lowest BCUT2D eigenvalue weighted by atomic mass is 10.1. The summed E-state index contributed by atoms with van der Waals surface area (Å²) < 4.78 is 18.8. The van der Waals surface area contributed by atoms with E-state index in [1.807, 2.05) is 31.2 Å². The van der Waals surface area contributed by atoms with Crippen molar-refractivity contribution in [2.75, 3.05) is 26.2 Å². The van der Waals surface area contributed by atoms with Crippen LogP contribution in [0.4, 0.5) is 4.39 Å². The van der Waals surface area contributed by atoms with Crippen molar-refractivity contribution in [1.82, 2.24) is 15.2 Å². The Hall–Kier alpha value is -2.76. The van der Waals surface area contributed by atoms with Gasteiger partial charge in [-0.3, -0.25) is 4.98 Å². The van der Waals surface area contributed by atoms with Gasteiger partial charge in [0.05, 0.1) is 5.69 Å².